The third-order valence-electron chi connectivity index (χ3n) is 3.14. The fraction of sp³-hybridized carbons (Fsp3) is 0.500. The van der Waals surface area contributed by atoms with Gasteiger partial charge in [0.2, 0.25) is 10.0 Å². The Balaban J connectivity index is 3.36. The van der Waals surface area contributed by atoms with E-state index in [4.69, 9.17) is 9.84 Å². The number of hydrogen-bond acceptors (Lipinski definition) is 4. The van der Waals surface area contributed by atoms with Crippen LogP contribution in [0.5, 0.6) is 5.75 Å². The van der Waals surface area contributed by atoms with Crippen LogP contribution in [0.3, 0.4) is 0 Å². The van der Waals surface area contributed by atoms with Crippen molar-refractivity contribution in [3.8, 4) is 5.75 Å². The SMILES string of the molecule is COc1cc(C)c(S(=O)(=O)N[C@@H](C)C(=O)O)cc1C(C)C. The first kappa shape index (κ1) is 17.5. The summed E-state index contributed by atoms with van der Waals surface area (Å²) in [5.74, 6) is -0.534. The lowest BCUT2D eigenvalue weighted by molar-refractivity contribution is -0.138. The van der Waals surface area contributed by atoms with Gasteiger partial charge in [-0.3, -0.25) is 4.79 Å². The van der Waals surface area contributed by atoms with Gasteiger partial charge in [-0.2, -0.15) is 4.72 Å². The first-order valence-electron chi connectivity index (χ1n) is 6.53. The molecule has 0 saturated heterocycles. The monoisotopic (exact) mass is 315 g/mol. The minimum absolute atomic E-state index is 0.0695. The van der Waals surface area contributed by atoms with E-state index >= 15 is 0 Å². The minimum atomic E-state index is -3.90. The lowest BCUT2D eigenvalue weighted by Crippen LogP contribution is -2.38. The van der Waals surface area contributed by atoms with Crippen molar-refractivity contribution in [2.24, 2.45) is 0 Å². The van der Waals surface area contributed by atoms with E-state index in [0.717, 1.165) is 5.56 Å². The molecule has 0 radical (unpaired) electrons. The molecule has 0 amide bonds. The Morgan fingerprint density at radius 1 is 1.29 bits per heavy atom. The van der Waals surface area contributed by atoms with Crippen molar-refractivity contribution in [2.45, 2.75) is 44.6 Å². The molecular weight excluding hydrogens is 294 g/mol. The number of nitrogens with one attached hydrogen (secondary N) is 1. The molecule has 1 atom stereocenters. The summed E-state index contributed by atoms with van der Waals surface area (Å²) in [6, 6.07) is 1.99. The fourth-order valence-corrected chi connectivity index (χ4v) is 3.40. The third-order valence-corrected chi connectivity index (χ3v) is 4.82. The minimum Gasteiger partial charge on any atom is -0.496 e. The molecule has 0 unspecified atom stereocenters. The van der Waals surface area contributed by atoms with Gasteiger partial charge >= 0.3 is 5.97 Å². The van der Waals surface area contributed by atoms with Crippen molar-refractivity contribution in [1.82, 2.24) is 4.72 Å². The predicted octanol–water partition coefficient (Wildman–Crippen LogP) is 1.88. The number of carboxylic acid groups (broad SMARTS) is 1. The molecule has 1 rings (SSSR count). The van der Waals surface area contributed by atoms with Gasteiger partial charge in [0.15, 0.2) is 0 Å². The van der Waals surface area contributed by atoms with Crippen LogP contribution >= 0.6 is 0 Å². The van der Waals surface area contributed by atoms with Crippen molar-refractivity contribution in [3.05, 3.63) is 23.3 Å². The summed E-state index contributed by atoms with van der Waals surface area (Å²) in [6.07, 6.45) is 0. The highest BCUT2D eigenvalue weighted by Crippen LogP contribution is 2.31. The predicted molar refractivity (Wildman–Crippen MR) is 79.2 cm³/mol. The molecule has 0 aliphatic carbocycles. The molecule has 1 aromatic carbocycles. The molecule has 7 heteroatoms. The first-order chi connectivity index (χ1) is 9.60. The number of hydrogen-bond donors (Lipinski definition) is 2. The number of rotatable bonds is 6. The van der Waals surface area contributed by atoms with Crippen molar-refractivity contribution >= 4 is 16.0 Å². The topological polar surface area (TPSA) is 92.7 Å². The Bertz CT molecular complexity index is 637. The normalized spacial score (nSPS) is 13.2. The molecular formula is C14H21NO5S. The van der Waals surface area contributed by atoms with Gasteiger partial charge in [0.05, 0.1) is 12.0 Å². The van der Waals surface area contributed by atoms with E-state index in [2.05, 4.69) is 4.72 Å². The summed E-state index contributed by atoms with van der Waals surface area (Å²) < 4.78 is 32.1. The molecule has 2 N–H and O–H groups in total. The van der Waals surface area contributed by atoms with Gasteiger partial charge in [-0.25, -0.2) is 8.42 Å². The van der Waals surface area contributed by atoms with Gasteiger partial charge in [-0.05, 0) is 43.0 Å². The summed E-state index contributed by atoms with van der Waals surface area (Å²) in [5, 5.41) is 8.84. The van der Waals surface area contributed by atoms with Crippen LogP contribution in [0.2, 0.25) is 0 Å². The molecule has 1 aromatic rings. The van der Waals surface area contributed by atoms with Gasteiger partial charge in [0, 0.05) is 0 Å². The van der Waals surface area contributed by atoms with E-state index in [9.17, 15) is 13.2 Å². The van der Waals surface area contributed by atoms with Crippen LogP contribution in [0.15, 0.2) is 17.0 Å². The van der Waals surface area contributed by atoms with Crippen molar-refractivity contribution in [2.75, 3.05) is 7.11 Å². The summed E-state index contributed by atoms with van der Waals surface area (Å²) in [4.78, 5) is 10.9. The summed E-state index contributed by atoms with van der Waals surface area (Å²) in [6.45, 7) is 6.78. The van der Waals surface area contributed by atoms with Gasteiger partial charge < -0.3 is 9.84 Å². The number of carbonyl (C=O) groups is 1. The number of methoxy groups -OCH3 is 1. The zero-order valence-corrected chi connectivity index (χ0v) is 13.6. The Kier molecular flexibility index (Phi) is 5.36. The third kappa shape index (κ3) is 3.95. The smallest absolute Gasteiger partial charge is 0.321 e. The van der Waals surface area contributed by atoms with E-state index in [0.29, 0.717) is 11.3 Å². The number of benzene rings is 1. The molecule has 0 bridgehead atoms. The molecule has 0 saturated carbocycles. The van der Waals surface area contributed by atoms with Crippen LogP contribution in [0.4, 0.5) is 0 Å². The molecule has 0 aromatic heterocycles. The number of aliphatic carboxylic acids is 1. The van der Waals surface area contributed by atoms with Gasteiger partial charge in [-0.1, -0.05) is 13.8 Å². The van der Waals surface area contributed by atoms with Crippen LogP contribution in [0, 0.1) is 6.92 Å². The highest BCUT2D eigenvalue weighted by Gasteiger charge is 2.25. The highest BCUT2D eigenvalue weighted by atomic mass is 32.2. The van der Waals surface area contributed by atoms with Gasteiger partial charge in [0.25, 0.3) is 0 Å². The van der Waals surface area contributed by atoms with E-state index in [1.165, 1.54) is 20.1 Å². The molecule has 0 spiro atoms. The average molecular weight is 315 g/mol. The Labute approximate surface area is 125 Å². The van der Waals surface area contributed by atoms with E-state index in [1.54, 1.807) is 13.0 Å². The maximum absolute atomic E-state index is 12.3. The van der Waals surface area contributed by atoms with E-state index in [1.807, 2.05) is 13.8 Å². The Hall–Kier alpha value is -1.60. The standard InChI is InChI=1S/C14H21NO5S/c1-8(2)11-7-13(9(3)6-12(11)20-5)21(18,19)15-10(4)14(16)17/h6-8,10,15H,1-5H3,(H,16,17)/t10-/m0/s1. The van der Waals surface area contributed by atoms with Crippen molar-refractivity contribution < 1.29 is 23.1 Å². The molecule has 6 nitrogen and oxygen atoms in total. The number of ether oxygens (including phenoxy) is 1. The van der Waals surface area contributed by atoms with Gasteiger partial charge in [0.1, 0.15) is 11.8 Å². The summed E-state index contributed by atoms with van der Waals surface area (Å²) in [5.41, 5.74) is 1.26. The molecule has 0 heterocycles. The van der Waals surface area contributed by atoms with Crippen LogP contribution in [0.25, 0.3) is 0 Å². The largest absolute Gasteiger partial charge is 0.496 e. The number of sulfonamides is 1. The highest BCUT2D eigenvalue weighted by molar-refractivity contribution is 7.89. The zero-order chi connectivity index (χ0) is 16.4. The Morgan fingerprint density at radius 2 is 1.86 bits per heavy atom. The second-order valence-electron chi connectivity index (χ2n) is 5.20. The van der Waals surface area contributed by atoms with E-state index < -0.39 is 22.0 Å². The van der Waals surface area contributed by atoms with Gasteiger partial charge in [-0.15, -0.1) is 0 Å². The quantitative estimate of drug-likeness (QED) is 0.836. The van der Waals surface area contributed by atoms with Crippen LogP contribution in [-0.4, -0.2) is 32.6 Å². The van der Waals surface area contributed by atoms with Crippen molar-refractivity contribution in [3.63, 3.8) is 0 Å². The zero-order valence-electron chi connectivity index (χ0n) is 12.8. The Morgan fingerprint density at radius 3 is 2.29 bits per heavy atom. The second-order valence-corrected chi connectivity index (χ2v) is 6.88. The molecule has 0 aliphatic rings. The lowest BCUT2D eigenvalue weighted by Gasteiger charge is -2.17. The number of aryl methyl sites for hydroxylation is 1. The fourth-order valence-electron chi connectivity index (χ4n) is 1.94. The maximum Gasteiger partial charge on any atom is 0.321 e. The van der Waals surface area contributed by atoms with Crippen LogP contribution < -0.4 is 9.46 Å². The summed E-state index contributed by atoms with van der Waals surface area (Å²) >= 11 is 0. The molecule has 0 fully saturated rings. The maximum atomic E-state index is 12.3. The molecule has 118 valence electrons. The first-order valence-corrected chi connectivity index (χ1v) is 8.02. The average Bonchev–Trinajstić information content (AvgIpc) is 2.36. The molecule has 21 heavy (non-hydrogen) atoms. The van der Waals surface area contributed by atoms with Crippen LogP contribution in [0.1, 0.15) is 37.8 Å². The second kappa shape index (κ2) is 6.44. The van der Waals surface area contributed by atoms with Crippen LogP contribution in [-0.2, 0) is 14.8 Å². The number of carboxylic acids is 1. The lowest BCUT2D eigenvalue weighted by atomic mass is 10.0. The van der Waals surface area contributed by atoms with E-state index in [-0.39, 0.29) is 10.8 Å². The molecule has 0 aliphatic heterocycles. The summed E-state index contributed by atoms with van der Waals surface area (Å²) in [7, 11) is -2.38. The van der Waals surface area contributed by atoms with Crippen molar-refractivity contribution in [1.29, 1.82) is 0 Å².